The van der Waals surface area contributed by atoms with Crippen molar-refractivity contribution in [1.82, 2.24) is 19.7 Å². The molecule has 3 aromatic rings. The Bertz CT molecular complexity index is 1120. The van der Waals surface area contributed by atoms with Crippen molar-refractivity contribution in [2.75, 3.05) is 5.32 Å². The molecule has 1 amide bonds. The third-order valence-corrected chi connectivity index (χ3v) is 4.01. The van der Waals surface area contributed by atoms with Crippen LogP contribution in [-0.2, 0) is 13.0 Å². The van der Waals surface area contributed by atoms with Crippen LogP contribution in [0.3, 0.4) is 0 Å². The summed E-state index contributed by atoms with van der Waals surface area (Å²) < 4.78 is 1.49. The molecule has 0 aliphatic rings. The Balaban J connectivity index is 1.95. The Morgan fingerprint density at radius 1 is 1.29 bits per heavy atom. The molecule has 28 heavy (non-hydrogen) atoms. The van der Waals surface area contributed by atoms with Crippen LogP contribution in [0.4, 0.5) is 11.6 Å². The lowest BCUT2D eigenvalue weighted by molar-refractivity contribution is 0.0999. The third-order valence-electron chi connectivity index (χ3n) is 4.01. The second-order valence-corrected chi connectivity index (χ2v) is 6.01. The molecular weight excluding hydrogens is 356 g/mol. The first kappa shape index (κ1) is 18.5. The summed E-state index contributed by atoms with van der Waals surface area (Å²) in [5.74, 6) is -0.217. The van der Waals surface area contributed by atoms with Gasteiger partial charge in [0.2, 0.25) is 11.9 Å². The predicted octanol–water partition coefficient (Wildman–Crippen LogP) is 2.08. The number of anilines is 2. The molecule has 1 aromatic carbocycles. The van der Waals surface area contributed by atoms with Gasteiger partial charge in [0.15, 0.2) is 0 Å². The Morgan fingerprint density at radius 2 is 2.11 bits per heavy atom. The Labute approximate surface area is 161 Å². The first-order chi connectivity index (χ1) is 13.5. The van der Waals surface area contributed by atoms with Crippen molar-refractivity contribution in [3.63, 3.8) is 0 Å². The highest BCUT2D eigenvalue weighted by molar-refractivity contribution is 5.95. The number of nitriles is 2. The predicted molar refractivity (Wildman–Crippen MR) is 101 cm³/mol. The van der Waals surface area contributed by atoms with Gasteiger partial charge in [-0.1, -0.05) is 6.07 Å². The lowest BCUT2D eigenvalue weighted by atomic mass is 9.98. The van der Waals surface area contributed by atoms with Crippen LogP contribution in [0.5, 0.6) is 0 Å². The molecular formula is C19H16N8O. The average molecular weight is 372 g/mol. The zero-order valence-electron chi connectivity index (χ0n) is 15.0. The minimum Gasteiger partial charge on any atom is -0.366 e. The summed E-state index contributed by atoms with van der Waals surface area (Å²) in [7, 11) is 0. The van der Waals surface area contributed by atoms with E-state index in [2.05, 4.69) is 20.4 Å². The number of aryl methyl sites for hydroxylation is 1. The number of nitrogens with two attached hydrogens (primary N) is 1. The number of primary amides is 1. The van der Waals surface area contributed by atoms with Crippen molar-refractivity contribution >= 4 is 17.5 Å². The van der Waals surface area contributed by atoms with Crippen LogP contribution < -0.4 is 11.1 Å². The Morgan fingerprint density at radius 3 is 2.82 bits per heavy atom. The van der Waals surface area contributed by atoms with E-state index in [1.54, 1.807) is 36.8 Å². The Kier molecular flexibility index (Phi) is 5.28. The molecule has 0 saturated heterocycles. The average Bonchev–Trinajstić information content (AvgIpc) is 3.10. The molecule has 9 heteroatoms. The number of nitrogens with zero attached hydrogens (tertiary/aromatic N) is 6. The molecule has 3 N–H and O–H groups in total. The van der Waals surface area contributed by atoms with Gasteiger partial charge in [-0.15, -0.1) is 0 Å². The van der Waals surface area contributed by atoms with Gasteiger partial charge < -0.3 is 11.1 Å². The van der Waals surface area contributed by atoms with Crippen LogP contribution >= 0.6 is 0 Å². The van der Waals surface area contributed by atoms with Gasteiger partial charge in [0, 0.05) is 23.5 Å². The van der Waals surface area contributed by atoms with Crippen molar-refractivity contribution < 1.29 is 4.79 Å². The van der Waals surface area contributed by atoms with Crippen LogP contribution in [0.15, 0.2) is 36.8 Å². The largest absolute Gasteiger partial charge is 0.366 e. The maximum atomic E-state index is 11.6. The fourth-order valence-electron chi connectivity index (χ4n) is 2.72. The van der Waals surface area contributed by atoms with Crippen molar-refractivity contribution in [2.45, 2.75) is 19.9 Å². The molecule has 0 saturated carbocycles. The zero-order chi connectivity index (χ0) is 20.1. The van der Waals surface area contributed by atoms with Crippen molar-refractivity contribution in [1.29, 1.82) is 10.5 Å². The minimum absolute atomic E-state index is 0.0689. The molecule has 3 rings (SSSR count). The summed E-state index contributed by atoms with van der Waals surface area (Å²) in [6.07, 6.45) is 5.00. The highest BCUT2D eigenvalue weighted by Crippen LogP contribution is 2.25. The molecule has 138 valence electrons. The lowest BCUT2D eigenvalue weighted by Gasteiger charge is -2.11. The SMILES string of the molecule is Cc1cnc(Nc2cnn(CC#N)c2)nc1-c1ccc(C(N)=O)c(CC#N)c1. The lowest BCUT2D eigenvalue weighted by Crippen LogP contribution is -2.13. The summed E-state index contributed by atoms with van der Waals surface area (Å²) in [6, 6.07) is 9.14. The summed E-state index contributed by atoms with van der Waals surface area (Å²) >= 11 is 0. The van der Waals surface area contributed by atoms with E-state index < -0.39 is 5.91 Å². The van der Waals surface area contributed by atoms with Crippen molar-refractivity contribution in [2.24, 2.45) is 5.73 Å². The monoisotopic (exact) mass is 372 g/mol. The number of nitrogens with one attached hydrogen (secondary N) is 1. The number of carbonyl (C=O) groups excluding carboxylic acids is 1. The summed E-state index contributed by atoms with van der Waals surface area (Å²) in [5, 5.41) is 24.9. The molecule has 0 bridgehead atoms. The maximum Gasteiger partial charge on any atom is 0.249 e. The molecule has 2 aromatic heterocycles. The zero-order valence-corrected chi connectivity index (χ0v) is 15.0. The number of hydrogen-bond donors (Lipinski definition) is 2. The van der Waals surface area contributed by atoms with E-state index in [-0.39, 0.29) is 13.0 Å². The molecule has 0 aliphatic heterocycles. The smallest absolute Gasteiger partial charge is 0.249 e. The second kappa shape index (κ2) is 7.98. The van der Waals surface area contributed by atoms with Crippen LogP contribution in [0.2, 0.25) is 0 Å². The van der Waals surface area contributed by atoms with Crippen molar-refractivity contribution in [3.8, 4) is 23.4 Å². The molecule has 0 fully saturated rings. The van der Waals surface area contributed by atoms with Gasteiger partial charge in [-0.05, 0) is 30.2 Å². The van der Waals surface area contributed by atoms with Gasteiger partial charge in [-0.2, -0.15) is 15.6 Å². The summed E-state index contributed by atoms with van der Waals surface area (Å²) in [4.78, 5) is 20.4. The molecule has 0 aliphatic carbocycles. The molecule has 0 unspecified atom stereocenters. The number of hydrogen-bond acceptors (Lipinski definition) is 7. The number of carbonyl (C=O) groups is 1. The first-order valence-electron chi connectivity index (χ1n) is 8.32. The Hall–Kier alpha value is -4.24. The van der Waals surface area contributed by atoms with E-state index in [4.69, 9.17) is 16.3 Å². The van der Waals surface area contributed by atoms with Crippen LogP contribution in [-0.4, -0.2) is 25.7 Å². The summed E-state index contributed by atoms with van der Waals surface area (Å²) in [6.45, 7) is 2.02. The fraction of sp³-hybridized carbons (Fsp3) is 0.158. The fourth-order valence-corrected chi connectivity index (χ4v) is 2.72. The quantitative estimate of drug-likeness (QED) is 0.673. The summed E-state index contributed by atoms with van der Waals surface area (Å²) in [5.41, 5.74) is 9.16. The number of rotatable bonds is 6. The van der Waals surface area contributed by atoms with Gasteiger partial charge in [-0.3, -0.25) is 9.48 Å². The van der Waals surface area contributed by atoms with Gasteiger partial charge in [0.05, 0.1) is 36.1 Å². The van der Waals surface area contributed by atoms with E-state index in [1.165, 1.54) is 4.68 Å². The molecule has 0 spiro atoms. The van der Waals surface area contributed by atoms with Gasteiger partial charge in [-0.25, -0.2) is 9.97 Å². The molecule has 0 radical (unpaired) electrons. The van der Waals surface area contributed by atoms with Gasteiger partial charge in [0.25, 0.3) is 0 Å². The molecule has 0 atom stereocenters. The van der Waals surface area contributed by atoms with E-state index >= 15 is 0 Å². The minimum atomic E-state index is -0.576. The topological polar surface area (TPSA) is 146 Å². The number of benzene rings is 1. The van der Waals surface area contributed by atoms with Crippen LogP contribution in [0.25, 0.3) is 11.3 Å². The van der Waals surface area contributed by atoms with Gasteiger partial charge >= 0.3 is 0 Å². The molecule has 9 nitrogen and oxygen atoms in total. The van der Waals surface area contributed by atoms with Crippen molar-refractivity contribution in [3.05, 3.63) is 53.5 Å². The molecule has 2 heterocycles. The van der Waals surface area contributed by atoms with E-state index in [0.717, 1.165) is 11.1 Å². The van der Waals surface area contributed by atoms with Gasteiger partial charge in [0.1, 0.15) is 6.54 Å². The van der Waals surface area contributed by atoms with E-state index in [9.17, 15) is 4.79 Å². The second-order valence-electron chi connectivity index (χ2n) is 6.01. The van der Waals surface area contributed by atoms with E-state index in [0.29, 0.717) is 28.5 Å². The first-order valence-corrected chi connectivity index (χ1v) is 8.32. The highest BCUT2D eigenvalue weighted by Gasteiger charge is 2.13. The van der Waals surface area contributed by atoms with Crippen LogP contribution in [0.1, 0.15) is 21.5 Å². The van der Waals surface area contributed by atoms with Crippen LogP contribution in [0, 0.1) is 29.6 Å². The van der Waals surface area contributed by atoms with E-state index in [1.807, 2.05) is 19.1 Å². The standard InChI is InChI=1S/C19H16N8O/c1-12-9-23-19(25-15-10-24-27(11-15)7-6-21)26-17(12)14-2-3-16(18(22)28)13(8-14)4-5-20/h2-3,8-11H,4,7H2,1H3,(H2,22,28)(H,23,25,26). The third kappa shape index (κ3) is 3.94. The normalized spacial score (nSPS) is 10.1. The maximum absolute atomic E-state index is 11.6. The number of aromatic nitrogens is 4. The number of amides is 1. The highest BCUT2D eigenvalue weighted by atomic mass is 16.1.